The number of hydrogen-bond donors (Lipinski definition) is 1. The van der Waals surface area contributed by atoms with Crippen LogP contribution in [0.3, 0.4) is 0 Å². The summed E-state index contributed by atoms with van der Waals surface area (Å²) in [5.74, 6) is 0.916. The molecule has 3 nitrogen and oxygen atoms in total. The Balaban J connectivity index is 1.83. The molecule has 0 saturated carbocycles. The highest BCUT2D eigenvalue weighted by Gasteiger charge is 2.27. The second-order valence-electron chi connectivity index (χ2n) is 6.57. The number of ketones is 1. The zero-order chi connectivity index (χ0) is 16.8. The molecule has 1 atom stereocenters. The van der Waals surface area contributed by atoms with Crippen LogP contribution in [0.25, 0.3) is 0 Å². The number of carbonyl (C=O) groups excluding carboxylic acids is 1. The van der Waals surface area contributed by atoms with Crippen LogP contribution in [0.5, 0.6) is 5.75 Å². The normalized spacial score (nSPS) is 16.5. The van der Waals surface area contributed by atoms with Crippen LogP contribution in [-0.4, -0.2) is 32.5 Å². The summed E-state index contributed by atoms with van der Waals surface area (Å²) >= 11 is 0. The van der Waals surface area contributed by atoms with Crippen molar-refractivity contribution in [3.8, 4) is 5.75 Å². The monoisotopic (exact) mass is 324 g/mol. The fourth-order valence-corrected chi connectivity index (χ4v) is 3.55. The maximum absolute atomic E-state index is 13.2. The van der Waals surface area contributed by atoms with Gasteiger partial charge in [-0.15, -0.1) is 0 Å². The first-order chi connectivity index (χ1) is 11.8. The van der Waals surface area contributed by atoms with Crippen LogP contribution in [0, 0.1) is 0 Å². The minimum atomic E-state index is -0.0762. The molecule has 3 heteroatoms. The molecular formula is C21H26NO2+. The van der Waals surface area contributed by atoms with E-state index in [1.54, 1.807) is 12.0 Å². The molecule has 0 radical (unpaired) electrons. The van der Waals surface area contributed by atoms with Gasteiger partial charge >= 0.3 is 0 Å². The van der Waals surface area contributed by atoms with Crippen molar-refractivity contribution in [2.45, 2.75) is 25.2 Å². The lowest BCUT2D eigenvalue weighted by Gasteiger charge is -2.27. The zero-order valence-electron chi connectivity index (χ0n) is 14.3. The fraction of sp³-hybridized carbons (Fsp3) is 0.381. The summed E-state index contributed by atoms with van der Waals surface area (Å²) in [5, 5.41) is 0. The van der Waals surface area contributed by atoms with Gasteiger partial charge in [-0.2, -0.15) is 0 Å². The highest BCUT2D eigenvalue weighted by molar-refractivity contribution is 6.01. The van der Waals surface area contributed by atoms with E-state index in [1.165, 1.54) is 32.4 Å². The van der Waals surface area contributed by atoms with Crippen LogP contribution in [-0.2, 0) is 0 Å². The molecule has 1 saturated heterocycles. The van der Waals surface area contributed by atoms with Gasteiger partial charge in [-0.3, -0.25) is 4.79 Å². The van der Waals surface area contributed by atoms with Crippen molar-refractivity contribution in [3.05, 3.63) is 65.7 Å². The molecule has 1 N–H and O–H groups in total. The molecule has 0 unspecified atom stereocenters. The summed E-state index contributed by atoms with van der Waals surface area (Å²) in [6.07, 6.45) is 3.87. The lowest BCUT2D eigenvalue weighted by atomic mass is 9.89. The van der Waals surface area contributed by atoms with Gasteiger partial charge in [0.1, 0.15) is 5.75 Å². The van der Waals surface area contributed by atoms with E-state index < -0.39 is 0 Å². The zero-order valence-corrected chi connectivity index (χ0v) is 14.3. The molecule has 1 aliphatic rings. The van der Waals surface area contributed by atoms with E-state index in [0.717, 1.165) is 23.4 Å². The lowest BCUT2D eigenvalue weighted by molar-refractivity contribution is -0.905. The molecule has 126 valence electrons. The van der Waals surface area contributed by atoms with Crippen molar-refractivity contribution in [2.24, 2.45) is 0 Å². The average molecular weight is 324 g/mol. The summed E-state index contributed by atoms with van der Waals surface area (Å²) in [7, 11) is 1.64. The van der Waals surface area contributed by atoms with Crippen LogP contribution in [0.2, 0.25) is 0 Å². The Hall–Kier alpha value is -2.13. The van der Waals surface area contributed by atoms with Crippen molar-refractivity contribution in [1.82, 2.24) is 0 Å². The molecule has 0 spiro atoms. The number of rotatable bonds is 6. The third kappa shape index (κ3) is 4.04. The Morgan fingerprint density at radius 2 is 1.67 bits per heavy atom. The molecular weight excluding hydrogens is 298 g/mol. The standard InChI is InChI=1S/C21H25NO2/c1-24-19-12-10-18(11-13-19)21(23)20(17-8-4-2-5-9-17)16-22-14-6-3-7-15-22/h2,4-5,8-13,20H,3,6-7,14-16H2,1H3/p+1/t20-/m0/s1. The Bertz CT molecular complexity index is 645. The number of hydrogen-bond acceptors (Lipinski definition) is 2. The third-order valence-corrected chi connectivity index (χ3v) is 4.95. The number of carbonyl (C=O) groups is 1. The van der Waals surface area contributed by atoms with Crippen molar-refractivity contribution < 1.29 is 14.4 Å². The summed E-state index contributed by atoms with van der Waals surface area (Å²) in [5.41, 5.74) is 1.89. The van der Waals surface area contributed by atoms with Crippen molar-refractivity contribution in [2.75, 3.05) is 26.7 Å². The van der Waals surface area contributed by atoms with E-state index in [2.05, 4.69) is 12.1 Å². The molecule has 2 aromatic carbocycles. The van der Waals surface area contributed by atoms with Crippen LogP contribution < -0.4 is 9.64 Å². The van der Waals surface area contributed by atoms with Gasteiger partial charge in [0.2, 0.25) is 0 Å². The van der Waals surface area contributed by atoms with Gasteiger partial charge in [-0.05, 0) is 49.1 Å². The Labute approximate surface area is 144 Å². The predicted octanol–water partition coefficient (Wildman–Crippen LogP) is 2.73. The fourth-order valence-electron chi connectivity index (χ4n) is 3.55. The van der Waals surface area contributed by atoms with E-state index >= 15 is 0 Å². The Morgan fingerprint density at radius 1 is 1.00 bits per heavy atom. The maximum atomic E-state index is 13.2. The number of likely N-dealkylation sites (tertiary alicyclic amines) is 1. The molecule has 1 heterocycles. The molecule has 24 heavy (non-hydrogen) atoms. The van der Waals surface area contributed by atoms with E-state index in [9.17, 15) is 4.79 Å². The molecule has 0 amide bonds. The van der Waals surface area contributed by atoms with Gasteiger partial charge in [-0.25, -0.2) is 0 Å². The predicted molar refractivity (Wildman–Crippen MR) is 95.9 cm³/mol. The minimum Gasteiger partial charge on any atom is -0.497 e. The number of ether oxygens (including phenoxy) is 1. The average Bonchev–Trinajstić information content (AvgIpc) is 2.67. The highest BCUT2D eigenvalue weighted by atomic mass is 16.5. The Kier molecular flexibility index (Phi) is 5.65. The molecule has 2 aromatic rings. The summed E-state index contributed by atoms with van der Waals surface area (Å²) in [6.45, 7) is 3.24. The van der Waals surface area contributed by atoms with E-state index in [1.807, 2.05) is 42.5 Å². The first kappa shape index (κ1) is 16.7. The van der Waals surface area contributed by atoms with Gasteiger partial charge in [0.15, 0.2) is 5.78 Å². The van der Waals surface area contributed by atoms with Crippen LogP contribution in [0.1, 0.15) is 41.1 Å². The topological polar surface area (TPSA) is 30.7 Å². The number of methoxy groups -OCH3 is 1. The van der Waals surface area contributed by atoms with E-state index in [-0.39, 0.29) is 11.7 Å². The maximum Gasteiger partial charge on any atom is 0.175 e. The van der Waals surface area contributed by atoms with Crippen molar-refractivity contribution in [1.29, 1.82) is 0 Å². The summed E-state index contributed by atoms with van der Waals surface area (Å²) in [4.78, 5) is 14.7. The first-order valence-electron chi connectivity index (χ1n) is 8.84. The van der Waals surface area contributed by atoms with Crippen LogP contribution in [0.15, 0.2) is 54.6 Å². The molecule has 0 aliphatic carbocycles. The number of benzene rings is 2. The third-order valence-electron chi connectivity index (χ3n) is 4.95. The van der Waals surface area contributed by atoms with Crippen molar-refractivity contribution >= 4 is 5.78 Å². The van der Waals surface area contributed by atoms with E-state index in [0.29, 0.717) is 0 Å². The number of quaternary nitrogens is 1. The van der Waals surface area contributed by atoms with Crippen LogP contribution in [0.4, 0.5) is 0 Å². The second kappa shape index (κ2) is 8.11. The van der Waals surface area contributed by atoms with E-state index in [4.69, 9.17) is 4.74 Å². The largest absolute Gasteiger partial charge is 0.497 e. The SMILES string of the molecule is COc1ccc(C(=O)[C@@H](C[NH+]2CCCCC2)c2ccccc2)cc1. The van der Waals surface area contributed by atoms with Crippen LogP contribution >= 0.6 is 0 Å². The molecule has 1 fully saturated rings. The number of Topliss-reactive ketones (excluding diaryl/α,β-unsaturated/α-hetero) is 1. The number of piperidine rings is 1. The lowest BCUT2D eigenvalue weighted by Crippen LogP contribution is -3.13. The Morgan fingerprint density at radius 3 is 2.29 bits per heavy atom. The minimum absolute atomic E-state index is 0.0762. The van der Waals surface area contributed by atoms with Gasteiger partial charge in [0.25, 0.3) is 0 Å². The molecule has 3 rings (SSSR count). The molecule has 0 aromatic heterocycles. The quantitative estimate of drug-likeness (QED) is 0.828. The highest BCUT2D eigenvalue weighted by Crippen LogP contribution is 2.21. The number of nitrogens with one attached hydrogen (secondary N) is 1. The molecule has 0 bridgehead atoms. The van der Waals surface area contributed by atoms with Gasteiger partial charge in [-0.1, -0.05) is 30.3 Å². The second-order valence-corrected chi connectivity index (χ2v) is 6.57. The molecule has 1 aliphatic heterocycles. The first-order valence-corrected chi connectivity index (χ1v) is 8.84. The van der Waals surface area contributed by atoms with Crippen molar-refractivity contribution in [3.63, 3.8) is 0 Å². The van der Waals surface area contributed by atoms with Gasteiger partial charge in [0.05, 0.1) is 32.7 Å². The smallest absolute Gasteiger partial charge is 0.175 e. The van der Waals surface area contributed by atoms with Gasteiger partial charge in [0, 0.05) is 5.56 Å². The van der Waals surface area contributed by atoms with Gasteiger partial charge < -0.3 is 9.64 Å². The summed E-state index contributed by atoms with van der Waals surface area (Å²) < 4.78 is 5.20. The summed E-state index contributed by atoms with van der Waals surface area (Å²) in [6, 6.07) is 17.7.